The summed E-state index contributed by atoms with van der Waals surface area (Å²) >= 11 is 5.78. The molecule has 86 valence electrons. The highest BCUT2D eigenvalue weighted by atomic mass is 35.5. The average molecular weight is 248 g/mol. The molecular formula is C12H10ClN3O. The van der Waals surface area contributed by atoms with Crippen molar-refractivity contribution in [3.63, 3.8) is 0 Å². The molecule has 0 radical (unpaired) electrons. The fourth-order valence-electron chi connectivity index (χ4n) is 1.28. The second-order valence-corrected chi connectivity index (χ2v) is 3.77. The molecule has 17 heavy (non-hydrogen) atoms. The van der Waals surface area contributed by atoms with E-state index in [2.05, 4.69) is 15.5 Å². The molecular weight excluding hydrogens is 238 g/mol. The van der Waals surface area contributed by atoms with E-state index in [0.717, 1.165) is 5.69 Å². The quantitative estimate of drug-likeness (QED) is 0.635. The molecule has 5 heteroatoms. The Morgan fingerprint density at radius 3 is 2.94 bits per heavy atom. The lowest BCUT2D eigenvalue weighted by molar-refractivity contribution is 0.0955. The molecule has 2 aromatic rings. The first-order chi connectivity index (χ1) is 8.25. The zero-order valence-electron chi connectivity index (χ0n) is 8.85. The Balaban J connectivity index is 1.98. The normalized spacial score (nSPS) is 10.6. The van der Waals surface area contributed by atoms with E-state index in [1.807, 2.05) is 12.1 Å². The van der Waals surface area contributed by atoms with E-state index in [0.29, 0.717) is 10.6 Å². The largest absolute Gasteiger partial charge is 0.360 e. The lowest BCUT2D eigenvalue weighted by Gasteiger charge is -1.99. The Labute approximate surface area is 103 Å². The number of hydrazone groups is 1. The van der Waals surface area contributed by atoms with E-state index in [1.54, 1.807) is 30.5 Å². The van der Waals surface area contributed by atoms with Gasteiger partial charge in [0.25, 0.3) is 5.91 Å². The smallest absolute Gasteiger partial charge is 0.271 e. The van der Waals surface area contributed by atoms with Crippen LogP contribution >= 0.6 is 11.6 Å². The van der Waals surface area contributed by atoms with Crippen LogP contribution in [0, 0.1) is 0 Å². The van der Waals surface area contributed by atoms with Gasteiger partial charge in [0, 0.05) is 16.8 Å². The molecule has 0 unspecified atom stereocenters. The molecule has 2 N–H and O–H groups in total. The highest BCUT2D eigenvalue weighted by molar-refractivity contribution is 6.30. The number of rotatable bonds is 3. The minimum Gasteiger partial charge on any atom is -0.360 e. The van der Waals surface area contributed by atoms with Crippen LogP contribution in [-0.2, 0) is 0 Å². The minimum atomic E-state index is -0.296. The van der Waals surface area contributed by atoms with Crippen molar-refractivity contribution in [1.82, 2.24) is 10.4 Å². The van der Waals surface area contributed by atoms with Crippen LogP contribution in [0.4, 0.5) is 0 Å². The van der Waals surface area contributed by atoms with Gasteiger partial charge >= 0.3 is 0 Å². The Morgan fingerprint density at radius 1 is 1.35 bits per heavy atom. The Kier molecular flexibility index (Phi) is 3.57. The van der Waals surface area contributed by atoms with Gasteiger partial charge in [-0.05, 0) is 30.3 Å². The van der Waals surface area contributed by atoms with Gasteiger partial charge in [-0.15, -0.1) is 0 Å². The van der Waals surface area contributed by atoms with Crippen LogP contribution in [0.15, 0.2) is 47.7 Å². The first-order valence-electron chi connectivity index (χ1n) is 4.98. The summed E-state index contributed by atoms with van der Waals surface area (Å²) in [5, 5.41) is 4.34. The number of carbonyl (C=O) groups excluding carboxylic acids is 1. The summed E-state index contributed by atoms with van der Waals surface area (Å²) in [7, 11) is 0. The maximum Gasteiger partial charge on any atom is 0.271 e. The highest BCUT2D eigenvalue weighted by Crippen LogP contribution is 2.10. The standard InChI is InChI=1S/C12H10ClN3O/c13-10-4-1-3-9(7-10)12(17)16-15-8-11-5-2-6-14-11/h1-8,14H,(H,16,17)/b15-8-. The summed E-state index contributed by atoms with van der Waals surface area (Å²) in [6.45, 7) is 0. The van der Waals surface area contributed by atoms with Crippen LogP contribution in [0.5, 0.6) is 0 Å². The van der Waals surface area contributed by atoms with E-state index in [4.69, 9.17) is 11.6 Å². The van der Waals surface area contributed by atoms with Crippen molar-refractivity contribution in [3.8, 4) is 0 Å². The van der Waals surface area contributed by atoms with Crippen molar-refractivity contribution in [2.75, 3.05) is 0 Å². The van der Waals surface area contributed by atoms with E-state index in [-0.39, 0.29) is 5.91 Å². The predicted octanol–water partition coefficient (Wildman–Crippen LogP) is 2.43. The number of nitrogens with zero attached hydrogens (tertiary/aromatic N) is 1. The summed E-state index contributed by atoms with van der Waals surface area (Å²) in [4.78, 5) is 14.6. The number of aromatic amines is 1. The number of amides is 1. The van der Waals surface area contributed by atoms with E-state index >= 15 is 0 Å². The van der Waals surface area contributed by atoms with Gasteiger partial charge in [-0.2, -0.15) is 5.10 Å². The molecule has 0 aliphatic heterocycles. The third kappa shape index (κ3) is 3.19. The molecule has 0 fully saturated rings. The minimum absolute atomic E-state index is 0.296. The molecule has 0 atom stereocenters. The second kappa shape index (κ2) is 5.32. The third-order valence-corrected chi connectivity index (χ3v) is 2.31. The number of nitrogens with one attached hydrogen (secondary N) is 2. The van der Waals surface area contributed by atoms with Crippen LogP contribution in [0.2, 0.25) is 5.02 Å². The number of aromatic nitrogens is 1. The number of carbonyl (C=O) groups is 1. The Morgan fingerprint density at radius 2 is 2.24 bits per heavy atom. The predicted molar refractivity (Wildman–Crippen MR) is 67.3 cm³/mol. The van der Waals surface area contributed by atoms with Crippen LogP contribution in [0.25, 0.3) is 0 Å². The Bertz CT molecular complexity index is 534. The maximum atomic E-state index is 11.6. The fourth-order valence-corrected chi connectivity index (χ4v) is 1.47. The van der Waals surface area contributed by atoms with Crippen molar-refractivity contribution in [1.29, 1.82) is 0 Å². The third-order valence-electron chi connectivity index (χ3n) is 2.08. The molecule has 0 bridgehead atoms. The topological polar surface area (TPSA) is 57.2 Å². The number of hydrogen-bond acceptors (Lipinski definition) is 2. The zero-order chi connectivity index (χ0) is 12.1. The molecule has 2 rings (SSSR count). The van der Waals surface area contributed by atoms with E-state index in [1.165, 1.54) is 6.21 Å². The summed E-state index contributed by atoms with van der Waals surface area (Å²) in [5.41, 5.74) is 3.71. The Hall–Kier alpha value is -2.07. The fraction of sp³-hybridized carbons (Fsp3) is 0. The number of H-pyrrole nitrogens is 1. The van der Waals surface area contributed by atoms with Gasteiger partial charge in [-0.3, -0.25) is 4.79 Å². The van der Waals surface area contributed by atoms with Gasteiger partial charge in [0.2, 0.25) is 0 Å². The molecule has 1 amide bonds. The number of hydrogen-bond donors (Lipinski definition) is 2. The first kappa shape index (κ1) is 11.4. The van der Waals surface area contributed by atoms with Gasteiger partial charge in [0.15, 0.2) is 0 Å². The summed E-state index contributed by atoms with van der Waals surface area (Å²) in [6.07, 6.45) is 3.31. The van der Waals surface area contributed by atoms with Gasteiger partial charge in [-0.25, -0.2) is 5.43 Å². The molecule has 0 spiro atoms. The van der Waals surface area contributed by atoms with Crippen molar-refractivity contribution >= 4 is 23.7 Å². The van der Waals surface area contributed by atoms with Crippen molar-refractivity contribution < 1.29 is 4.79 Å². The van der Waals surface area contributed by atoms with Gasteiger partial charge in [0.05, 0.1) is 11.9 Å². The van der Waals surface area contributed by atoms with Gasteiger partial charge < -0.3 is 4.98 Å². The van der Waals surface area contributed by atoms with Crippen LogP contribution in [-0.4, -0.2) is 17.1 Å². The SMILES string of the molecule is O=C(N/N=C\c1ccc[nH]1)c1cccc(Cl)c1. The second-order valence-electron chi connectivity index (χ2n) is 3.33. The van der Waals surface area contributed by atoms with Gasteiger partial charge in [0.1, 0.15) is 0 Å². The molecule has 0 saturated carbocycles. The monoisotopic (exact) mass is 247 g/mol. The summed E-state index contributed by atoms with van der Waals surface area (Å²) < 4.78 is 0. The summed E-state index contributed by atoms with van der Waals surface area (Å²) in [5.74, 6) is -0.296. The summed E-state index contributed by atoms with van der Waals surface area (Å²) in [6, 6.07) is 10.4. The molecule has 0 saturated heterocycles. The van der Waals surface area contributed by atoms with Gasteiger partial charge in [-0.1, -0.05) is 17.7 Å². The first-order valence-corrected chi connectivity index (χ1v) is 5.36. The lowest BCUT2D eigenvalue weighted by Crippen LogP contribution is -2.17. The van der Waals surface area contributed by atoms with Crippen LogP contribution < -0.4 is 5.43 Å². The maximum absolute atomic E-state index is 11.6. The molecule has 0 aliphatic rings. The van der Waals surface area contributed by atoms with Crippen molar-refractivity contribution in [2.45, 2.75) is 0 Å². The number of halogens is 1. The van der Waals surface area contributed by atoms with Crippen LogP contribution in [0.1, 0.15) is 16.1 Å². The molecule has 0 aliphatic carbocycles. The van der Waals surface area contributed by atoms with Crippen molar-refractivity contribution in [2.24, 2.45) is 5.10 Å². The number of benzene rings is 1. The average Bonchev–Trinajstić information content (AvgIpc) is 2.82. The molecule has 1 aromatic carbocycles. The molecule has 1 aromatic heterocycles. The van der Waals surface area contributed by atoms with E-state index < -0.39 is 0 Å². The van der Waals surface area contributed by atoms with Crippen LogP contribution in [0.3, 0.4) is 0 Å². The highest BCUT2D eigenvalue weighted by Gasteiger charge is 2.03. The van der Waals surface area contributed by atoms with Crippen molar-refractivity contribution in [3.05, 3.63) is 58.9 Å². The zero-order valence-corrected chi connectivity index (χ0v) is 9.61. The molecule has 1 heterocycles. The molecule has 4 nitrogen and oxygen atoms in total. The van der Waals surface area contributed by atoms with E-state index in [9.17, 15) is 4.79 Å². The lowest BCUT2D eigenvalue weighted by atomic mass is 10.2.